The fourth-order valence-electron chi connectivity index (χ4n) is 1.75. The standard InChI is InChI=1S/C13H20BrNO2S/c1-4-5-12-6-8-13(9-7-12)18(16,17)15(3)10-11(2)14/h6-9,11H,4-5,10H2,1-3H3. The predicted octanol–water partition coefficient (Wildman–Crippen LogP) is 3.04. The number of hydrogen-bond donors (Lipinski definition) is 0. The molecular formula is C13H20BrNO2S. The smallest absolute Gasteiger partial charge is 0.207 e. The van der Waals surface area contributed by atoms with Crippen LogP contribution in [0.4, 0.5) is 0 Å². The fourth-order valence-corrected chi connectivity index (χ4v) is 3.63. The van der Waals surface area contributed by atoms with Gasteiger partial charge in [0.05, 0.1) is 4.90 Å². The first-order valence-electron chi connectivity index (χ1n) is 6.07. The van der Waals surface area contributed by atoms with Gasteiger partial charge in [-0.3, -0.25) is 0 Å². The maximum atomic E-state index is 12.2. The zero-order valence-corrected chi connectivity index (χ0v) is 13.5. The van der Waals surface area contributed by atoms with E-state index in [4.69, 9.17) is 0 Å². The molecule has 0 amide bonds. The quantitative estimate of drug-likeness (QED) is 0.750. The Kier molecular flexibility index (Phi) is 5.82. The topological polar surface area (TPSA) is 37.4 Å². The van der Waals surface area contributed by atoms with Gasteiger partial charge >= 0.3 is 0 Å². The second-order valence-electron chi connectivity index (χ2n) is 4.46. The van der Waals surface area contributed by atoms with E-state index < -0.39 is 10.0 Å². The van der Waals surface area contributed by atoms with E-state index in [-0.39, 0.29) is 4.83 Å². The summed E-state index contributed by atoms with van der Waals surface area (Å²) in [5.74, 6) is 0. The minimum Gasteiger partial charge on any atom is -0.207 e. The lowest BCUT2D eigenvalue weighted by Gasteiger charge is -2.18. The monoisotopic (exact) mass is 333 g/mol. The van der Waals surface area contributed by atoms with Gasteiger partial charge in [-0.25, -0.2) is 8.42 Å². The molecule has 1 unspecified atom stereocenters. The molecule has 18 heavy (non-hydrogen) atoms. The summed E-state index contributed by atoms with van der Waals surface area (Å²) in [4.78, 5) is 0.495. The third kappa shape index (κ3) is 4.07. The summed E-state index contributed by atoms with van der Waals surface area (Å²) in [6.07, 6.45) is 2.04. The van der Waals surface area contributed by atoms with Crippen molar-refractivity contribution in [2.24, 2.45) is 0 Å². The van der Waals surface area contributed by atoms with Gasteiger partial charge in [0.2, 0.25) is 10.0 Å². The number of hydrogen-bond acceptors (Lipinski definition) is 2. The van der Waals surface area contributed by atoms with Crippen molar-refractivity contribution in [3.05, 3.63) is 29.8 Å². The van der Waals surface area contributed by atoms with E-state index in [1.165, 1.54) is 9.87 Å². The van der Waals surface area contributed by atoms with E-state index in [1.807, 2.05) is 19.1 Å². The summed E-state index contributed by atoms with van der Waals surface area (Å²) in [6, 6.07) is 7.16. The van der Waals surface area contributed by atoms with Crippen LogP contribution in [0.15, 0.2) is 29.2 Å². The Bertz CT molecular complexity index is 468. The summed E-state index contributed by atoms with van der Waals surface area (Å²) in [6.45, 7) is 4.49. The number of alkyl halides is 1. The predicted molar refractivity (Wildman–Crippen MR) is 78.6 cm³/mol. The van der Waals surface area contributed by atoms with E-state index in [0.717, 1.165) is 12.8 Å². The van der Waals surface area contributed by atoms with Crippen molar-refractivity contribution in [2.45, 2.75) is 36.4 Å². The maximum Gasteiger partial charge on any atom is 0.242 e. The van der Waals surface area contributed by atoms with E-state index in [0.29, 0.717) is 11.4 Å². The number of rotatable bonds is 6. The summed E-state index contributed by atoms with van der Waals surface area (Å²) in [7, 11) is -1.76. The SMILES string of the molecule is CCCc1ccc(S(=O)(=O)N(C)CC(C)Br)cc1. The van der Waals surface area contributed by atoms with Gasteiger partial charge in [-0.2, -0.15) is 4.31 Å². The highest BCUT2D eigenvalue weighted by Crippen LogP contribution is 2.17. The van der Waals surface area contributed by atoms with Gasteiger partial charge in [-0.1, -0.05) is 48.3 Å². The number of benzene rings is 1. The molecule has 1 atom stereocenters. The number of nitrogens with zero attached hydrogens (tertiary/aromatic N) is 1. The Labute approximate surface area is 118 Å². The largest absolute Gasteiger partial charge is 0.242 e. The highest BCUT2D eigenvalue weighted by molar-refractivity contribution is 9.09. The van der Waals surface area contributed by atoms with Gasteiger partial charge in [0.15, 0.2) is 0 Å². The zero-order valence-electron chi connectivity index (χ0n) is 11.1. The lowest BCUT2D eigenvalue weighted by Crippen LogP contribution is -2.31. The first-order chi connectivity index (χ1) is 8.37. The van der Waals surface area contributed by atoms with E-state index in [2.05, 4.69) is 22.9 Å². The molecule has 1 aromatic rings. The molecule has 0 spiro atoms. The normalized spacial score (nSPS) is 13.8. The molecule has 0 aliphatic rings. The second-order valence-corrected chi connectivity index (χ2v) is 8.07. The average molecular weight is 334 g/mol. The van der Waals surface area contributed by atoms with Crippen LogP contribution in [0.5, 0.6) is 0 Å². The molecular weight excluding hydrogens is 314 g/mol. The van der Waals surface area contributed by atoms with Gasteiger partial charge in [0.25, 0.3) is 0 Å². The molecule has 0 aliphatic heterocycles. The van der Waals surface area contributed by atoms with Crippen LogP contribution >= 0.6 is 15.9 Å². The highest BCUT2D eigenvalue weighted by Gasteiger charge is 2.21. The van der Waals surface area contributed by atoms with Gasteiger partial charge in [-0.05, 0) is 24.1 Å². The number of halogens is 1. The van der Waals surface area contributed by atoms with Crippen molar-refractivity contribution in [2.75, 3.05) is 13.6 Å². The van der Waals surface area contributed by atoms with Crippen LogP contribution in [0.3, 0.4) is 0 Å². The van der Waals surface area contributed by atoms with Crippen molar-refractivity contribution in [3.8, 4) is 0 Å². The van der Waals surface area contributed by atoms with Crippen LogP contribution in [0.2, 0.25) is 0 Å². The zero-order chi connectivity index (χ0) is 13.8. The summed E-state index contributed by atoms with van der Waals surface area (Å²) in [5, 5.41) is 0. The lowest BCUT2D eigenvalue weighted by atomic mass is 10.1. The maximum absolute atomic E-state index is 12.2. The molecule has 0 N–H and O–H groups in total. The number of aryl methyl sites for hydroxylation is 1. The minimum absolute atomic E-state index is 0.136. The molecule has 0 radical (unpaired) electrons. The molecule has 5 heteroatoms. The van der Waals surface area contributed by atoms with Crippen LogP contribution in [0, 0.1) is 0 Å². The Morgan fingerprint density at radius 2 is 1.83 bits per heavy atom. The fraction of sp³-hybridized carbons (Fsp3) is 0.538. The van der Waals surface area contributed by atoms with Crippen LogP contribution in [-0.4, -0.2) is 31.1 Å². The molecule has 102 valence electrons. The van der Waals surface area contributed by atoms with Crippen LogP contribution < -0.4 is 0 Å². The van der Waals surface area contributed by atoms with Gasteiger partial charge in [0.1, 0.15) is 0 Å². The molecule has 0 saturated heterocycles. The third-order valence-corrected chi connectivity index (χ3v) is 4.81. The molecule has 1 aromatic carbocycles. The molecule has 0 aromatic heterocycles. The van der Waals surface area contributed by atoms with Crippen molar-refractivity contribution < 1.29 is 8.42 Å². The summed E-state index contributed by atoms with van der Waals surface area (Å²) < 4.78 is 25.9. The van der Waals surface area contributed by atoms with Gasteiger partial charge < -0.3 is 0 Å². The van der Waals surface area contributed by atoms with Crippen molar-refractivity contribution in [3.63, 3.8) is 0 Å². The van der Waals surface area contributed by atoms with Crippen molar-refractivity contribution in [1.29, 1.82) is 0 Å². The molecule has 0 fully saturated rings. The first-order valence-corrected chi connectivity index (χ1v) is 8.43. The van der Waals surface area contributed by atoms with Gasteiger partial charge in [0, 0.05) is 18.4 Å². The Morgan fingerprint density at radius 1 is 1.28 bits per heavy atom. The van der Waals surface area contributed by atoms with Crippen LogP contribution in [-0.2, 0) is 16.4 Å². The second kappa shape index (κ2) is 6.68. The minimum atomic E-state index is -3.36. The van der Waals surface area contributed by atoms with E-state index in [1.54, 1.807) is 19.2 Å². The molecule has 0 aliphatic carbocycles. The lowest BCUT2D eigenvalue weighted by molar-refractivity contribution is 0.473. The van der Waals surface area contributed by atoms with Crippen molar-refractivity contribution in [1.82, 2.24) is 4.31 Å². The van der Waals surface area contributed by atoms with Crippen LogP contribution in [0.1, 0.15) is 25.8 Å². The van der Waals surface area contributed by atoms with Crippen LogP contribution in [0.25, 0.3) is 0 Å². The number of sulfonamides is 1. The van der Waals surface area contributed by atoms with E-state index >= 15 is 0 Å². The molecule has 0 saturated carbocycles. The van der Waals surface area contributed by atoms with Gasteiger partial charge in [-0.15, -0.1) is 0 Å². The van der Waals surface area contributed by atoms with Crippen molar-refractivity contribution >= 4 is 26.0 Å². The molecule has 0 bridgehead atoms. The Balaban J connectivity index is 2.91. The molecule has 0 heterocycles. The Morgan fingerprint density at radius 3 is 2.28 bits per heavy atom. The average Bonchev–Trinajstić information content (AvgIpc) is 2.29. The third-order valence-electron chi connectivity index (χ3n) is 2.68. The molecule has 1 rings (SSSR count). The summed E-state index contributed by atoms with van der Waals surface area (Å²) >= 11 is 3.37. The summed E-state index contributed by atoms with van der Waals surface area (Å²) in [5.41, 5.74) is 1.17. The Hall–Kier alpha value is -0.390. The van der Waals surface area contributed by atoms with E-state index in [9.17, 15) is 8.42 Å². The highest BCUT2D eigenvalue weighted by atomic mass is 79.9. The molecule has 3 nitrogen and oxygen atoms in total. The first kappa shape index (κ1) is 15.7.